The molecule has 1 saturated heterocycles. The monoisotopic (exact) mass is 237 g/mol. The minimum Gasteiger partial charge on any atom is -0.471 e. The Balaban J connectivity index is 1.80. The predicted molar refractivity (Wildman–Crippen MR) is 63.9 cm³/mol. The lowest BCUT2D eigenvalue weighted by atomic mass is 10.3. The number of rotatable bonds is 6. The van der Waals surface area contributed by atoms with E-state index in [2.05, 4.69) is 22.4 Å². The van der Waals surface area contributed by atoms with Gasteiger partial charge < -0.3 is 14.8 Å². The van der Waals surface area contributed by atoms with Gasteiger partial charge in [-0.3, -0.25) is 0 Å². The summed E-state index contributed by atoms with van der Waals surface area (Å²) in [6, 6.07) is 3.81. The standard InChI is InChI=1S/C12H19N3O2/c1-2-6-13-8-10-3-4-12(15-14-10)17-11-5-7-16-9-11/h3-4,11,13H,2,5-9H2,1H3. The largest absolute Gasteiger partial charge is 0.471 e. The fraction of sp³-hybridized carbons (Fsp3) is 0.667. The second-order valence-corrected chi connectivity index (χ2v) is 4.14. The average Bonchev–Trinajstić information content (AvgIpc) is 2.85. The summed E-state index contributed by atoms with van der Waals surface area (Å²) >= 11 is 0. The molecule has 5 heteroatoms. The lowest BCUT2D eigenvalue weighted by Gasteiger charge is -2.10. The first-order chi connectivity index (χ1) is 8.38. The SMILES string of the molecule is CCCNCc1ccc(OC2CCOC2)nn1. The zero-order chi connectivity index (χ0) is 11.9. The molecular weight excluding hydrogens is 218 g/mol. The van der Waals surface area contributed by atoms with Gasteiger partial charge in [-0.25, -0.2) is 0 Å². The summed E-state index contributed by atoms with van der Waals surface area (Å²) < 4.78 is 10.9. The predicted octanol–water partition coefficient (Wildman–Crippen LogP) is 1.14. The number of nitrogens with one attached hydrogen (secondary N) is 1. The van der Waals surface area contributed by atoms with Gasteiger partial charge in [-0.05, 0) is 19.0 Å². The molecule has 0 aromatic carbocycles. The van der Waals surface area contributed by atoms with Crippen LogP contribution < -0.4 is 10.1 Å². The second kappa shape index (κ2) is 6.51. The summed E-state index contributed by atoms with van der Waals surface area (Å²) in [5.41, 5.74) is 0.938. The molecule has 2 rings (SSSR count). The maximum Gasteiger partial charge on any atom is 0.233 e. The van der Waals surface area contributed by atoms with Gasteiger partial charge in [0.05, 0.1) is 18.9 Å². The number of nitrogens with zero attached hydrogens (tertiary/aromatic N) is 2. The highest BCUT2D eigenvalue weighted by Crippen LogP contribution is 2.13. The second-order valence-electron chi connectivity index (χ2n) is 4.14. The topological polar surface area (TPSA) is 56.3 Å². The van der Waals surface area contributed by atoms with E-state index in [0.29, 0.717) is 12.5 Å². The fourth-order valence-electron chi connectivity index (χ4n) is 1.67. The van der Waals surface area contributed by atoms with Crippen LogP contribution in [0.2, 0.25) is 0 Å². The molecule has 1 aromatic rings. The maximum absolute atomic E-state index is 5.64. The third-order valence-corrected chi connectivity index (χ3v) is 2.60. The minimum absolute atomic E-state index is 0.133. The minimum atomic E-state index is 0.133. The molecule has 0 spiro atoms. The zero-order valence-electron chi connectivity index (χ0n) is 10.2. The van der Waals surface area contributed by atoms with Gasteiger partial charge in [-0.15, -0.1) is 5.10 Å². The Morgan fingerprint density at radius 2 is 2.41 bits per heavy atom. The van der Waals surface area contributed by atoms with Gasteiger partial charge in [-0.1, -0.05) is 6.92 Å². The summed E-state index contributed by atoms with van der Waals surface area (Å²) in [6.45, 7) is 5.32. The number of hydrogen-bond donors (Lipinski definition) is 1. The van der Waals surface area contributed by atoms with Crippen LogP contribution in [0.15, 0.2) is 12.1 Å². The highest BCUT2D eigenvalue weighted by Gasteiger charge is 2.17. The summed E-state index contributed by atoms with van der Waals surface area (Å²) in [5.74, 6) is 0.583. The third kappa shape index (κ3) is 3.94. The molecule has 94 valence electrons. The molecule has 1 atom stereocenters. The third-order valence-electron chi connectivity index (χ3n) is 2.60. The van der Waals surface area contributed by atoms with Gasteiger partial charge in [0.15, 0.2) is 0 Å². The van der Waals surface area contributed by atoms with Crippen molar-refractivity contribution < 1.29 is 9.47 Å². The Morgan fingerprint density at radius 1 is 1.47 bits per heavy atom. The van der Waals surface area contributed by atoms with Gasteiger partial charge in [0, 0.05) is 19.0 Å². The van der Waals surface area contributed by atoms with E-state index >= 15 is 0 Å². The van der Waals surface area contributed by atoms with E-state index in [1.807, 2.05) is 12.1 Å². The van der Waals surface area contributed by atoms with Gasteiger partial charge in [0.1, 0.15) is 6.10 Å². The molecule has 0 bridgehead atoms. The molecule has 1 fully saturated rings. The van der Waals surface area contributed by atoms with Crippen molar-refractivity contribution in [2.75, 3.05) is 19.8 Å². The smallest absolute Gasteiger partial charge is 0.233 e. The van der Waals surface area contributed by atoms with E-state index in [0.717, 1.165) is 38.2 Å². The van der Waals surface area contributed by atoms with Crippen molar-refractivity contribution in [3.05, 3.63) is 17.8 Å². The van der Waals surface area contributed by atoms with Crippen LogP contribution in [0.25, 0.3) is 0 Å². The summed E-state index contributed by atoms with van der Waals surface area (Å²) in [5, 5.41) is 11.4. The maximum atomic E-state index is 5.64. The van der Waals surface area contributed by atoms with Crippen LogP contribution in [0.5, 0.6) is 5.88 Å². The Hall–Kier alpha value is -1.20. The Morgan fingerprint density at radius 3 is 3.06 bits per heavy atom. The van der Waals surface area contributed by atoms with E-state index in [1.165, 1.54) is 0 Å². The molecule has 1 N–H and O–H groups in total. The molecule has 0 aliphatic carbocycles. The Labute approximate surface area is 102 Å². The van der Waals surface area contributed by atoms with Crippen LogP contribution in [-0.4, -0.2) is 36.1 Å². The molecule has 0 amide bonds. The van der Waals surface area contributed by atoms with Crippen LogP contribution in [0, 0.1) is 0 Å². The number of hydrogen-bond acceptors (Lipinski definition) is 5. The van der Waals surface area contributed by atoms with Crippen LogP contribution in [0.4, 0.5) is 0 Å². The molecule has 1 aromatic heterocycles. The highest BCUT2D eigenvalue weighted by molar-refractivity contribution is 5.11. The molecule has 2 heterocycles. The van der Waals surface area contributed by atoms with Crippen molar-refractivity contribution >= 4 is 0 Å². The molecular formula is C12H19N3O2. The van der Waals surface area contributed by atoms with Crippen LogP contribution in [0.3, 0.4) is 0 Å². The summed E-state index contributed by atoms with van der Waals surface area (Å²) in [4.78, 5) is 0. The molecule has 1 unspecified atom stereocenters. The summed E-state index contributed by atoms with van der Waals surface area (Å²) in [7, 11) is 0. The van der Waals surface area contributed by atoms with Gasteiger partial charge in [0.25, 0.3) is 0 Å². The van der Waals surface area contributed by atoms with Crippen molar-refractivity contribution in [2.45, 2.75) is 32.4 Å². The van der Waals surface area contributed by atoms with Gasteiger partial charge in [0.2, 0.25) is 5.88 Å². The molecule has 5 nitrogen and oxygen atoms in total. The van der Waals surface area contributed by atoms with Crippen molar-refractivity contribution in [2.24, 2.45) is 0 Å². The highest BCUT2D eigenvalue weighted by atomic mass is 16.5. The molecule has 1 aliphatic rings. The summed E-state index contributed by atoms with van der Waals surface area (Å²) in [6.07, 6.45) is 2.19. The van der Waals surface area contributed by atoms with Gasteiger partial charge in [-0.2, -0.15) is 5.10 Å². The van der Waals surface area contributed by atoms with Crippen molar-refractivity contribution in [3.63, 3.8) is 0 Å². The first-order valence-electron chi connectivity index (χ1n) is 6.16. The molecule has 17 heavy (non-hydrogen) atoms. The Bertz CT molecular complexity index is 323. The average molecular weight is 237 g/mol. The quantitative estimate of drug-likeness (QED) is 0.752. The molecule has 0 saturated carbocycles. The zero-order valence-corrected chi connectivity index (χ0v) is 10.2. The van der Waals surface area contributed by atoms with Crippen molar-refractivity contribution in [1.29, 1.82) is 0 Å². The van der Waals surface area contributed by atoms with Crippen LogP contribution >= 0.6 is 0 Å². The lowest BCUT2D eigenvalue weighted by Crippen LogP contribution is -2.18. The van der Waals surface area contributed by atoms with Crippen molar-refractivity contribution in [1.82, 2.24) is 15.5 Å². The van der Waals surface area contributed by atoms with Crippen molar-refractivity contribution in [3.8, 4) is 5.88 Å². The normalized spacial score (nSPS) is 19.5. The van der Waals surface area contributed by atoms with E-state index in [-0.39, 0.29) is 6.10 Å². The fourth-order valence-corrected chi connectivity index (χ4v) is 1.67. The molecule has 0 radical (unpaired) electrons. The van der Waals surface area contributed by atoms with E-state index in [4.69, 9.17) is 9.47 Å². The number of ether oxygens (including phenoxy) is 2. The van der Waals surface area contributed by atoms with Crippen LogP contribution in [-0.2, 0) is 11.3 Å². The van der Waals surface area contributed by atoms with E-state index < -0.39 is 0 Å². The lowest BCUT2D eigenvalue weighted by molar-refractivity contribution is 0.137. The first kappa shape index (κ1) is 12.3. The molecule has 1 aliphatic heterocycles. The first-order valence-corrected chi connectivity index (χ1v) is 6.16. The Kier molecular flexibility index (Phi) is 4.70. The number of aromatic nitrogens is 2. The van der Waals surface area contributed by atoms with E-state index in [9.17, 15) is 0 Å². The van der Waals surface area contributed by atoms with Gasteiger partial charge >= 0.3 is 0 Å². The van der Waals surface area contributed by atoms with E-state index in [1.54, 1.807) is 0 Å². The van der Waals surface area contributed by atoms with Crippen LogP contribution in [0.1, 0.15) is 25.5 Å².